The number of aromatic nitrogens is 2. The van der Waals surface area contributed by atoms with Crippen molar-refractivity contribution in [2.75, 3.05) is 0 Å². The molecule has 0 saturated carbocycles. The van der Waals surface area contributed by atoms with Crippen molar-refractivity contribution in [3.05, 3.63) is 81.8 Å². The molecule has 0 atom stereocenters. The molecule has 0 unspecified atom stereocenters. The largest absolute Gasteiger partial charge is 0.366 e. The molecule has 0 saturated heterocycles. The molecule has 4 heterocycles. The Balaban J connectivity index is 1.52. The second kappa shape index (κ2) is 10.00. The van der Waals surface area contributed by atoms with Crippen LogP contribution in [-0.4, -0.2) is 29.5 Å². The van der Waals surface area contributed by atoms with Gasteiger partial charge in [0.25, 0.3) is 0 Å². The Morgan fingerprint density at radius 3 is 1.38 bits per heavy atom. The van der Waals surface area contributed by atoms with E-state index in [-0.39, 0.29) is 9.24 Å². The summed E-state index contributed by atoms with van der Waals surface area (Å²) in [6.45, 7) is 0. The number of nitrogens with zero attached hydrogens (tertiary/aromatic N) is 2. The zero-order valence-electron chi connectivity index (χ0n) is 17.3. The Hall–Kier alpha value is -2.52. The molecule has 0 aromatic carbocycles. The van der Waals surface area contributed by atoms with Gasteiger partial charge in [-0.15, -0.1) is 22.7 Å². The Morgan fingerprint density at radius 1 is 0.618 bits per heavy atom. The lowest BCUT2D eigenvalue weighted by Gasteiger charge is -2.03. The molecule has 0 aliphatic heterocycles. The zero-order chi connectivity index (χ0) is 24.3. The lowest BCUT2D eigenvalue weighted by molar-refractivity contribution is 0.386. The van der Waals surface area contributed by atoms with E-state index in [0.717, 1.165) is 43.6 Å². The molecule has 8 nitrogen and oxygen atoms in total. The minimum absolute atomic E-state index is 0.0251. The van der Waals surface area contributed by atoms with Gasteiger partial charge in [0.1, 0.15) is 9.24 Å². The first-order valence-corrected chi connectivity index (χ1v) is 14.5. The van der Waals surface area contributed by atoms with E-state index in [2.05, 4.69) is 9.97 Å². The highest BCUT2D eigenvalue weighted by molar-refractivity contribution is 7.67. The van der Waals surface area contributed by atoms with Crippen molar-refractivity contribution in [1.82, 2.24) is 9.97 Å². The van der Waals surface area contributed by atoms with Crippen molar-refractivity contribution in [3.63, 3.8) is 0 Å². The van der Waals surface area contributed by atoms with Gasteiger partial charge in [-0.25, -0.2) is 0 Å². The number of hydrogen-bond donors (Lipinski definition) is 4. The standard InChI is InChI=1S/C22H18N2O6P2S2/c25-31(26,27)21-7-5-17(33-21)3-1-15-9-11-23-19(13-15)20-14-16(10-12-24-20)2-4-18-6-8-22(34-18)32(28,29)30/h1-14H,(H2,25,26,27)(H2,28,29,30). The molecule has 4 N–H and O–H groups in total. The van der Waals surface area contributed by atoms with Crippen molar-refractivity contribution in [1.29, 1.82) is 0 Å². The fraction of sp³-hybridized carbons (Fsp3) is 0. The average molecular weight is 532 g/mol. The molecule has 0 bridgehead atoms. The number of pyridine rings is 2. The van der Waals surface area contributed by atoms with E-state index in [1.54, 1.807) is 36.7 Å². The summed E-state index contributed by atoms with van der Waals surface area (Å²) in [6.07, 6.45) is 10.5. The van der Waals surface area contributed by atoms with Gasteiger partial charge in [0.15, 0.2) is 0 Å². The first kappa shape index (κ1) is 24.6. The molecule has 0 aliphatic carbocycles. The molecule has 174 valence electrons. The number of thiophene rings is 2. The smallest absolute Gasteiger partial charge is 0.320 e. The Bertz CT molecular complexity index is 1370. The molecule has 0 aliphatic rings. The molecule has 12 heteroatoms. The third kappa shape index (κ3) is 6.33. The lowest BCUT2D eigenvalue weighted by Crippen LogP contribution is -1.94. The molecule has 4 aromatic heterocycles. The molecule has 4 rings (SSSR count). The van der Waals surface area contributed by atoms with Gasteiger partial charge in [-0.1, -0.05) is 12.2 Å². The van der Waals surface area contributed by atoms with Crippen LogP contribution in [0.25, 0.3) is 35.7 Å². The maximum atomic E-state index is 11.3. The normalized spacial score (nSPS) is 12.7. The van der Waals surface area contributed by atoms with Crippen LogP contribution in [0.4, 0.5) is 0 Å². The zero-order valence-corrected chi connectivity index (χ0v) is 20.7. The van der Waals surface area contributed by atoms with Gasteiger partial charge < -0.3 is 19.6 Å². The summed E-state index contributed by atoms with van der Waals surface area (Å²) in [7, 11) is -8.50. The van der Waals surface area contributed by atoms with Crippen LogP contribution >= 0.6 is 37.9 Å². The van der Waals surface area contributed by atoms with E-state index >= 15 is 0 Å². The van der Waals surface area contributed by atoms with Crippen LogP contribution in [-0.2, 0) is 9.13 Å². The summed E-state index contributed by atoms with van der Waals surface area (Å²) in [6, 6.07) is 13.5. The summed E-state index contributed by atoms with van der Waals surface area (Å²) in [5.41, 5.74) is 3.00. The summed E-state index contributed by atoms with van der Waals surface area (Å²) in [5, 5.41) is 0. The first-order valence-electron chi connectivity index (χ1n) is 9.68. The van der Waals surface area contributed by atoms with E-state index in [4.69, 9.17) is 0 Å². The third-order valence-corrected chi connectivity index (χ3v) is 9.64. The SMILES string of the molecule is O=P(O)(O)c1ccc(C=Cc2ccnc(-c3cc(C=Cc4ccc(P(=O)(O)O)s4)ccn3)c2)s1. The van der Waals surface area contributed by atoms with E-state index in [1.807, 2.05) is 36.4 Å². The van der Waals surface area contributed by atoms with E-state index in [1.165, 1.54) is 12.1 Å². The van der Waals surface area contributed by atoms with Gasteiger partial charge in [0.05, 0.1) is 11.4 Å². The predicted molar refractivity (Wildman–Crippen MR) is 137 cm³/mol. The van der Waals surface area contributed by atoms with Gasteiger partial charge in [-0.05, 0) is 71.8 Å². The van der Waals surface area contributed by atoms with Crippen molar-refractivity contribution < 1.29 is 28.7 Å². The van der Waals surface area contributed by atoms with E-state index < -0.39 is 15.2 Å². The molecule has 0 spiro atoms. The van der Waals surface area contributed by atoms with Crippen molar-refractivity contribution in [3.8, 4) is 11.4 Å². The van der Waals surface area contributed by atoms with Crippen LogP contribution in [0, 0.1) is 0 Å². The predicted octanol–water partition coefficient (Wildman–Crippen LogP) is 4.21. The molecule has 34 heavy (non-hydrogen) atoms. The van der Waals surface area contributed by atoms with Crippen molar-refractivity contribution in [2.45, 2.75) is 0 Å². The number of hydrogen-bond acceptors (Lipinski definition) is 6. The van der Waals surface area contributed by atoms with Crippen LogP contribution in [0.3, 0.4) is 0 Å². The van der Waals surface area contributed by atoms with Gasteiger partial charge in [0.2, 0.25) is 0 Å². The highest BCUT2D eigenvalue weighted by Gasteiger charge is 2.19. The lowest BCUT2D eigenvalue weighted by atomic mass is 10.1. The quantitative estimate of drug-likeness (QED) is 0.260. The fourth-order valence-electron chi connectivity index (χ4n) is 2.91. The van der Waals surface area contributed by atoms with E-state index in [0.29, 0.717) is 11.4 Å². The maximum absolute atomic E-state index is 11.3. The van der Waals surface area contributed by atoms with Crippen LogP contribution in [0.2, 0.25) is 0 Å². The second-order valence-electron chi connectivity index (χ2n) is 7.06. The van der Waals surface area contributed by atoms with Crippen molar-refractivity contribution in [2.24, 2.45) is 0 Å². The Morgan fingerprint density at radius 2 is 1.03 bits per heavy atom. The molecule has 0 fully saturated rings. The second-order valence-corrected chi connectivity index (χ2v) is 13.0. The maximum Gasteiger partial charge on any atom is 0.366 e. The van der Waals surface area contributed by atoms with Crippen LogP contribution in [0.15, 0.2) is 60.9 Å². The fourth-order valence-corrected chi connectivity index (χ4v) is 6.34. The van der Waals surface area contributed by atoms with Crippen molar-refractivity contribution >= 4 is 71.4 Å². The summed E-state index contributed by atoms with van der Waals surface area (Å²) in [5.74, 6) is 0. The summed E-state index contributed by atoms with van der Waals surface area (Å²) >= 11 is 2.08. The van der Waals surface area contributed by atoms with Gasteiger partial charge in [-0.3, -0.25) is 19.1 Å². The van der Waals surface area contributed by atoms with Gasteiger partial charge in [-0.2, -0.15) is 0 Å². The molecular formula is C22H18N2O6P2S2. The summed E-state index contributed by atoms with van der Waals surface area (Å²) in [4.78, 5) is 47.2. The minimum atomic E-state index is -4.25. The van der Waals surface area contributed by atoms with Gasteiger partial charge in [0, 0.05) is 22.1 Å². The first-order chi connectivity index (χ1) is 16.1. The molecule has 0 radical (unpaired) electrons. The van der Waals surface area contributed by atoms with E-state index in [9.17, 15) is 28.7 Å². The van der Waals surface area contributed by atoms with Gasteiger partial charge >= 0.3 is 15.2 Å². The topological polar surface area (TPSA) is 141 Å². The van der Waals surface area contributed by atoms with Crippen LogP contribution in [0.5, 0.6) is 0 Å². The highest BCUT2D eigenvalue weighted by Crippen LogP contribution is 2.37. The molecular weight excluding hydrogens is 514 g/mol. The Kier molecular flexibility index (Phi) is 7.23. The Labute approximate surface area is 203 Å². The minimum Gasteiger partial charge on any atom is -0.320 e. The molecule has 4 aromatic rings. The average Bonchev–Trinajstić information content (AvgIpc) is 3.46. The highest BCUT2D eigenvalue weighted by atomic mass is 32.1. The van der Waals surface area contributed by atoms with Crippen LogP contribution in [0.1, 0.15) is 20.9 Å². The van der Waals surface area contributed by atoms with Crippen LogP contribution < -0.4 is 9.24 Å². The number of rotatable bonds is 7. The molecule has 0 amide bonds. The summed E-state index contributed by atoms with van der Waals surface area (Å²) < 4.78 is 22.7. The third-order valence-electron chi connectivity index (χ3n) is 4.51. The monoisotopic (exact) mass is 532 g/mol.